The summed E-state index contributed by atoms with van der Waals surface area (Å²) in [7, 11) is 0. The zero-order valence-electron chi connectivity index (χ0n) is 22.8. The second-order valence-electron chi connectivity index (χ2n) is 10.6. The van der Waals surface area contributed by atoms with Gasteiger partial charge in [0.1, 0.15) is 23.2 Å². The number of nitriles is 1. The maximum atomic E-state index is 9.54. The van der Waals surface area contributed by atoms with E-state index in [9.17, 15) is 5.26 Å². The van der Waals surface area contributed by atoms with Crippen LogP contribution in [0, 0.1) is 11.3 Å². The molecule has 0 aliphatic carbocycles. The topological polar surface area (TPSA) is 98.8 Å². The number of fused-ring (bicyclic) bond motifs is 1. The van der Waals surface area contributed by atoms with Gasteiger partial charge in [-0.15, -0.1) is 10.2 Å². The maximum Gasteiger partial charge on any atom is 0.179 e. The van der Waals surface area contributed by atoms with E-state index in [4.69, 9.17) is 4.98 Å². The van der Waals surface area contributed by atoms with Gasteiger partial charge in [0.25, 0.3) is 0 Å². The van der Waals surface area contributed by atoms with E-state index >= 15 is 0 Å². The number of nitrogens with one attached hydrogen (secondary N) is 1. The van der Waals surface area contributed by atoms with Crippen LogP contribution in [0.25, 0.3) is 39.7 Å². The van der Waals surface area contributed by atoms with Gasteiger partial charge in [-0.2, -0.15) is 5.26 Å². The van der Waals surface area contributed by atoms with Crippen LogP contribution in [-0.4, -0.2) is 47.5 Å². The molecular weight excluding hydrogens is 588 g/mol. The van der Waals surface area contributed by atoms with E-state index in [1.165, 1.54) is 5.56 Å². The molecule has 0 amide bonds. The van der Waals surface area contributed by atoms with Crippen LogP contribution in [0.5, 0.6) is 0 Å². The number of nitrogens with zero attached hydrogens (tertiary/aromatic N) is 7. The highest BCUT2D eigenvalue weighted by atomic mass is 79.9. The molecule has 1 N–H and O–H groups in total. The summed E-state index contributed by atoms with van der Waals surface area (Å²) in [5, 5.41) is 18.3. The van der Waals surface area contributed by atoms with Gasteiger partial charge in [0.15, 0.2) is 5.82 Å². The third-order valence-electron chi connectivity index (χ3n) is 7.90. The Kier molecular flexibility index (Phi) is 7.08. The number of imidazole rings is 1. The average molecular weight is 616 g/mol. The normalized spacial score (nSPS) is 14.3. The Balaban J connectivity index is 1.07. The highest BCUT2D eigenvalue weighted by molar-refractivity contribution is 9.10. The highest BCUT2D eigenvalue weighted by Gasteiger charge is 2.24. The van der Waals surface area contributed by atoms with E-state index in [2.05, 4.69) is 87.9 Å². The summed E-state index contributed by atoms with van der Waals surface area (Å²) in [6, 6.07) is 28.9. The van der Waals surface area contributed by atoms with E-state index in [-0.39, 0.29) is 0 Å². The number of likely N-dealkylation sites (tertiary alicyclic amines) is 1. The van der Waals surface area contributed by atoms with E-state index in [0.29, 0.717) is 11.5 Å². The number of rotatable bonds is 6. The molecule has 42 heavy (non-hydrogen) atoms. The zero-order valence-corrected chi connectivity index (χ0v) is 24.4. The lowest BCUT2D eigenvalue weighted by Gasteiger charge is -2.30. The first-order valence-corrected chi connectivity index (χ1v) is 14.8. The number of hydrogen-bond donors (Lipinski definition) is 1. The van der Waals surface area contributed by atoms with Crippen LogP contribution in [0.1, 0.15) is 35.7 Å². The Morgan fingerprint density at radius 3 is 2.45 bits per heavy atom. The van der Waals surface area contributed by atoms with Gasteiger partial charge in [-0.05, 0) is 59.6 Å². The minimum Gasteiger partial charge on any atom is -0.323 e. The molecule has 9 heteroatoms. The lowest BCUT2D eigenvalue weighted by Crippen LogP contribution is -2.32. The van der Waals surface area contributed by atoms with Crippen LogP contribution in [-0.2, 0) is 6.54 Å². The van der Waals surface area contributed by atoms with Gasteiger partial charge in [-0.25, -0.2) is 4.98 Å². The minimum absolute atomic E-state index is 0.377. The summed E-state index contributed by atoms with van der Waals surface area (Å²) in [5.74, 6) is 2.06. The Labute approximate surface area is 251 Å². The van der Waals surface area contributed by atoms with E-state index < -0.39 is 0 Å². The molecule has 1 aliphatic rings. The van der Waals surface area contributed by atoms with Crippen LogP contribution >= 0.6 is 15.9 Å². The van der Waals surface area contributed by atoms with Gasteiger partial charge >= 0.3 is 0 Å². The number of aromatic amines is 1. The fourth-order valence-corrected chi connectivity index (χ4v) is 6.10. The van der Waals surface area contributed by atoms with Crippen LogP contribution in [0.15, 0.2) is 95.7 Å². The number of aromatic nitrogens is 6. The molecule has 6 aromatic rings. The largest absolute Gasteiger partial charge is 0.323 e. The Morgan fingerprint density at radius 2 is 1.71 bits per heavy atom. The molecule has 0 radical (unpaired) electrons. The zero-order chi connectivity index (χ0) is 28.5. The highest BCUT2D eigenvalue weighted by Crippen LogP contribution is 2.35. The number of H-pyrrole nitrogens is 1. The molecule has 0 spiro atoms. The minimum atomic E-state index is 0.377. The second-order valence-corrected chi connectivity index (χ2v) is 11.4. The molecule has 0 unspecified atom stereocenters. The van der Waals surface area contributed by atoms with E-state index in [1.807, 2.05) is 48.7 Å². The predicted molar refractivity (Wildman–Crippen MR) is 165 cm³/mol. The van der Waals surface area contributed by atoms with Gasteiger partial charge in [-0.1, -0.05) is 60.7 Å². The smallest absolute Gasteiger partial charge is 0.179 e. The summed E-state index contributed by atoms with van der Waals surface area (Å²) in [6.07, 6.45) is 5.78. The lowest BCUT2D eigenvalue weighted by molar-refractivity contribution is 0.202. The summed E-state index contributed by atoms with van der Waals surface area (Å²) >= 11 is 3.55. The molecule has 4 aromatic heterocycles. The van der Waals surface area contributed by atoms with Gasteiger partial charge < -0.3 is 4.98 Å². The van der Waals surface area contributed by atoms with Crippen molar-refractivity contribution < 1.29 is 0 Å². The first-order chi connectivity index (χ1) is 20.7. The molecule has 5 heterocycles. The molecule has 2 aromatic carbocycles. The van der Waals surface area contributed by atoms with Gasteiger partial charge in [0, 0.05) is 42.0 Å². The first kappa shape index (κ1) is 26.3. The van der Waals surface area contributed by atoms with Crippen molar-refractivity contribution >= 4 is 21.6 Å². The van der Waals surface area contributed by atoms with Crippen LogP contribution < -0.4 is 0 Å². The molecule has 0 saturated carbocycles. The summed E-state index contributed by atoms with van der Waals surface area (Å²) in [4.78, 5) is 15.2. The third-order valence-corrected chi connectivity index (χ3v) is 8.53. The summed E-state index contributed by atoms with van der Waals surface area (Å²) in [6.45, 7) is 2.91. The monoisotopic (exact) mass is 614 g/mol. The number of hydrogen-bond acceptors (Lipinski definition) is 6. The Bertz CT molecular complexity index is 1880. The Morgan fingerprint density at radius 1 is 0.929 bits per heavy atom. The molecule has 7 rings (SSSR count). The van der Waals surface area contributed by atoms with Crippen molar-refractivity contribution in [2.24, 2.45) is 0 Å². The fourth-order valence-electron chi connectivity index (χ4n) is 5.69. The molecule has 8 nitrogen and oxygen atoms in total. The van der Waals surface area contributed by atoms with Crippen molar-refractivity contribution in [3.63, 3.8) is 0 Å². The van der Waals surface area contributed by atoms with Crippen molar-refractivity contribution in [2.45, 2.75) is 25.3 Å². The molecule has 1 aliphatic heterocycles. The maximum absolute atomic E-state index is 9.54. The first-order valence-electron chi connectivity index (χ1n) is 14.0. The SMILES string of the molecule is N#Cc1cc2nc(-c3ccc(CN4CCC(c5nnc(-c6ccccn6)[nH]5)CC4)cc3)c(-c3ccccc3)n2cc1Br. The van der Waals surface area contributed by atoms with Gasteiger partial charge in [0.05, 0.1) is 21.4 Å². The standard InChI is InChI=1S/C33H27BrN8/c34-27-21-42-29(18-26(27)19-35)37-30(31(42)24-6-2-1-3-7-24)23-11-9-22(10-12-23)20-41-16-13-25(14-17-41)32-38-33(40-39-32)28-8-4-5-15-36-28/h1-12,15,18,21,25H,13-14,16-17,20H2,(H,38,39,40). The van der Waals surface area contributed by atoms with Crippen LogP contribution in [0.3, 0.4) is 0 Å². The molecule has 1 saturated heterocycles. The number of piperidine rings is 1. The fraction of sp³-hybridized carbons (Fsp3) is 0.182. The van der Waals surface area contributed by atoms with Crippen molar-refractivity contribution in [1.29, 1.82) is 5.26 Å². The Hall–Kier alpha value is -4.65. The van der Waals surface area contributed by atoms with E-state index in [1.54, 1.807) is 6.20 Å². The van der Waals surface area contributed by atoms with Crippen LogP contribution in [0.2, 0.25) is 0 Å². The predicted octanol–water partition coefficient (Wildman–Crippen LogP) is 6.86. The molecular formula is C33H27BrN8. The van der Waals surface area contributed by atoms with Gasteiger partial charge in [-0.3, -0.25) is 14.3 Å². The number of pyridine rings is 2. The van der Waals surface area contributed by atoms with Crippen LogP contribution in [0.4, 0.5) is 0 Å². The molecule has 0 bridgehead atoms. The molecule has 0 atom stereocenters. The van der Waals surface area contributed by atoms with Crippen molar-refractivity contribution in [1.82, 2.24) is 34.4 Å². The van der Waals surface area contributed by atoms with Crippen molar-refractivity contribution in [3.8, 4) is 40.1 Å². The summed E-state index contributed by atoms with van der Waals surface area (Å²) in [5.41, 5.74) is 7.41. The molecule has 206 valence electrons. The number of benzene rings is 2. The van der Waals surface area contributed by atoms with Crippen molar-refractivity contribution in [2.75, 3.05) is 13.1 Å². The van der Waals surface area contributed by atoms with Gasteiger partial charge in [0.2, 0.25) is 0 Å². The lowest BCUT2D eigenvalue weighted by atomic mass is 9.95. The summed E-state index contributed by atoms with van der Waals surface area (Å²) < 4.78 is 2.80. The number of halogens is 1. The molecule has 1 fully saturated rings. The van der Waals surface area contributed by atoms with E-state index in [0.717, 1.165) is 82.5 Å². The second kappa shape index (κ2) is 11.3. The van der Waals surface area contributed by atoms with Crippen molar-refractivity contribution in [3.05, 3.63) is 113 Å². The quantitative estimate of drug-likeness (QED) is 0.220. The average Bonchev–Trinajstić information content (AvgIpc) is 3.68. The third kappa shape index (κ3) is 5.11.